The predicted octanol–water partition coefficient (Wildman–Crippen LogP) is 3.84. The van der Waals surface area contributed by atoms with Crippen LogP contribution in [0.3, 0.4) is 0 Å². The van der Waals surface area contributed by atoms with Crippen LogP contribution < -0.4 is 15.7 Å². The summed E-state index contributed by atoms with van der Waals surface area (Å²) in [5.41, 5.74) is 11.9. The number of rotatable bonds is 8. The molecule has 0 spiro atoms. The highest BCUT2D eigenvalue weighted by Crippen LogP contribution is 2.40. The van der Waals surface area contributed by atoms with Crippen molar-refractivity contribution in [3.05, 3.63) is 100 Å². The third-order valence-corrected chi connectivity index (χ3v) is 10.8. The van der Waals surface area contributed by atoms with Crippen LogP contribution in [0.2, 0.25) is 0 Å². The first kappa shape index (κ1) is 37.3. The van der Waals surface area contributed by atoms with Gasteiger partial charge in [0.15, 0.2) is 16.9 Å². The van der Waals surface area contributed by atoms with E-state index in [0.717, 1.165) is 64.9 Å². The number of nitrogens with two attached hydrogens (primary N) is 1. The van der Waals surface area contributed by atoms with Gasteiger partial charge in [-0.15, -0.1) is 11.3 Å². The number of nitrogens with zero attached hydrogens (tertiary/aromatic N) is 10. The zero-order valence-electron chi connectivity index (χ0n) is 32.2. The van der Waals surface area contributed by atoms with Gasteiger partial charge in [-0.1, -0.05) is 28.7 Å². The van der Waals surface area contributed by atoms with Gasteiger partial charge >= 0.3 is 0 Å². The quantitative estimate of drug-likeness (QED) is 0.129. The summed E-state index contributed by atoms with van der Waals surface area (Å²) >= 11 is 1.36. The van der Waals surface area contributed by atoms with E-state index in [-0.39, 0.29) is 11.9 Å². The number of hydrogen-bond donors (Lipinski definition) is 4. The van der Waals surface area contributed by atoms with Gasteiger partial charge in [0.25, 0.3) is 17.7 Å². The van der Waals surface area contributed by atoms with Crippen molar-refractivity contribution in [3.63, 3.8) is 0 Å². The van der Waals surface area contributed by atoms with Gasteiger partial charge < -0.3 is 20.7 Å². The number of hydrogen-bond acceptors (Lipinski definition) is 13. The first-order valence-electron chi connectivity index (χ1n) is 19.0. The number of imidazole rings is 1. The summed E-state index contributed by atoms with van der Waals surface area (Å²) in [7, 11) is 0. The molecule has 1 saturated carbocycles. The van der Waals surface area contributed by atoms with Gasteiger partial charge in [-0.25, -0.2) is 25.1 Å². The molecule has 5 N–H and O–H groups in total. The normalized spacial score (nSPS) is 15.7. The standard InChI is InChI=1S/C42H41N12O3S/c1-41(2,55)14-10-28-5-9-32-34(25-28)52(35-12-16-45-39(43)47-35)37(29-6-7-29)54(32)50-40-46-17-13-36(48-40)53-33-24-27(11-15-42(3,56)38-44-18-23-58-38)4-8-30(33)31(49-53)26-51-19-21-57-22-20-51/h4-5,8-9,12-13,16-18,23-25,29,55-56H,6-7,19-22,26H2,1-3H3,(H2,43,45,47)(H,46,48,50)/q+1. The molecule has 1 unspecified atom stereocenters. The summed E-state index contributed by atoms with van der Waals surface area (Å²) in [6, 6.07) is 15.5. The molecule has 7 aromatic rings. The van der Waals surface area contributed by atoms with Crippen LogP contribution in [0.5, 0.6) is 0 Å². The minimum Gasteiger partial charge on any atom is -0.379 e. The monoisotopic (exact) mass is 793 g/mol. The van der Waals surface area contributed by atoms with Crippen LogP contribution in [0.4, 0.5) is 11.9 Å². The van der Waals surface area contributed by atoms with E-state index in [1.54, 1.807) is 39.4 Å². The topological polar surface area (TPSA) is 182 Å². The fraction of sp³-hybridized carbons (Fsp3) is 0.310. The number of thiazole rings is 1. The zero-order chi connectivity index (χ0) is 40.0. The lowest BCUT2D eigenvalue weighted by Crippen LogP contribution is -2.37. The molecule has 2 aromatic carbocycles. The first-order chi connectivity index (χ1) is 28.0. The highest BCUT2D eigenvalue weighted by molar-refractivity contribution is 7.09. The molecule has 2 aliphatic rings. The number of aromatic nitrogens is 9. The van der Waals surface area contributed by atoms with Gasteiger partial charge in [-0.3, -0.25) is 4.90 Å². The second kappa shape index (κ2) is 14.9. The van der Waals surface area contributed by atoms with Crippen molar-refractivity contribution in [2.45, 2.75) is 57.3 Å². The second-order valence-electron chi connectivity index (χ2n) is 15.1. The number of morpholine rings is 1. The van der Waals surface area contributed by atoms with E-state index in [9.17, 15) is 10.2 Å². The molecular formula is C42H41N12O3S+. The molecule has 1 atom stereocenters. The molecule has 1 aliphatic carbocycles. The highest BCUT2D eigenvalue weighted by Gasteiger charge is 2.39. The van der Waals surface area contributed by atoms with Crippen molar-refractivity contribution in [2.75, 3.05) is 37.5 Å². The highest BCUT2D eigenvalue weighted by atomic mass is 32.1. The summed E-state index contributed by atoms with van der Waals surface area (Å²) in [6.45, 7) is 8.58. The average Bonchev–Trinajstić information content (AvgIpc) is 3.61. The SMILES string of the molecule is CC(C)(O)C#Cc1ccc2c(c1)[n+](-c1ccnc(N)n1)c(C1CC1)n2Nc1nccc(-n2nc(CN3CCOCC3)c3ccc(C#CC(C)(O)c4nccs4)cc32)n1. The van der Waals surface area contributed by atoms with Crippen molar-refractivity contribution >= 4 is 45.2 Å². The maximum atomic E-state index is 11.1. The number of anilines is 2. The Morgan fingerprint density at radius 3 is 2.45 bits per heavy atom. The number of benzene rings is 2. The van der Waals surface area contributed by atoms with E-state index in [1.165, 1.54) is 11.3 Å². The van der Waals surface area contributed by atoms with E-state index in [0.29, 0.717) is 47.9 Å². The zero-order valence-corrected chi connectivity index (χ0v) is 33.0. The Hall–Kier alpha value is -6.27. The molecular weight excluding hydrogens is 753 g/mol. The molecule has 58 heavy (non-hydrogen) atoms. The minimum atomic E-state index is -1.40. The van der Waals surface area contributed by atoms with E-state index in [2.05, 4.69) is 58.5 Å². The number of ether oxygens (including phenoxy) is 1. The number of aliphatic hydroxyl groups is 2. The van der Waals surface area contributed by atoms with Crippen molar-refractivity contribution in [1.29, 1.82) is 0 Å². The lowest BCUT2D eigenvalue weighted by molar-refractivity contribution is -0.581. The Balaban J connectivity index is 1.14. The average molecular weight is 794 g/mol. The number of fused-ring (bicyclic) bond motifs is 2. The summed E-state index contributed by atoms with van der Waals surface area (Å²) < 4.78 is 11.5. The van der Waals surface area contributed by atoms with Crippen LogP contribution in [0, 0.1) is 23.7 Å². The molecule has 16 heteroatoms. The third kappa shape index (κ3) is 7.71. The Kier molecular flexibility index (Phi) is 9.59. The van der Waals surface area contributed by atoms with Crippen LogP contribution in [0.25, 0.3) is 33.6 Å². The van der Waals surface area contributed by atoms with Crippen molar-refractivity contribution in [2.24, 2.45) is 0 Å². The van der Waals surface area contributed by atoms with Gasteiger partial charge in [0, 0.05) is 78.2 Å². The lowest BCUT2D eigenvalue weighted by atomic mass is 10.1. The first-order valence-corrected chi connectivity index (χ1v) is 19.9. The number of nitrogens with one attached hydrogen (secondary N) is 1. The van der Waals surface area contributed by atoms with Crippen LogP contribution in [-0.4, -0.2) is 86.4 Å². The molecule has 2 fully saturated rings. The summed E-state index contributed by atoms with van der Waals surface area (Å²) in [6.07, 6.45) is 6.98. The molecule has 1 aliphatic heterocycles. The maximum Gasteiger partial charge on any atom is 0.297 e. The van der Waals surface area contributed by atoms with Crippen LogP contribution in [0.1, 0.15) is 67.2 Å². The van der Waals surface area contributed by atoms with Crippen LogP contribution in [-0.2, 0) is 16.9 Å². The van der Waals surface area contributed by atoms with Crippen molar-refractivity contribution < 1.29 is 19.5 Å². The van der Waals surface area contributed by atoms with E-state index < -0.39 is 11.2 Å². The Bertz CT molecular complexity index is 2790. The lowest BCUT2D eigenvalue weighted by Gasteiger charge is -2.25. The molecule has 15 nitrogen and oxygen atoms in total. The van der Waals surface area contributed by atoms with E-state index in [4.69, 9.17) is 20.6 Å². The molecule has 5 aromatic heterocycles. The van der Waals surface area contributed by atoms with Gasteiger partial charge in [0.2, 0.25) is 5.82 Å². The minimum absolute atomic E-state index is 0.160. The van der Waals surface area contributed by atoms with Gasteiger partial charge in [0.1, 0.15) is 16.1 Å². The number of nitrogen functional groups attached to an aromatic ring is 1. The van der Waals surface area contributed by atoms with E-state index in [1.807, 2.05) is 63.3 Å². The second-order valence-corrected chi connectivity index (χ2v) is 16.0. The van der Waals surface area contributed by atoms with Crippen molar-refractivity contribution in [1.82, 2.24) is 44.3 Å². The molecule has 0 bridgehead atoms. The van der Waals surface area contributed by atoms with Gasteiger partial charge in [-0.05, 0) is 70.0 Å². The summed E-state index contributed by atoms with van der Waals surface area (Å²) in [5, 5.41) is 29.9. The fourth-order valence-corrected chi connectivity index (χ4v) is 7.60. The van der Waals surface area contributed by atoms with Crippen LogP contribution >= 0.6 is 11.3 Å². The molecule has 292 valence electrons. The smallest absolute Gasteiger partial charge is 0.297 e. The van der Waals surface area contributed by atoms with Crippen molar-refractivity contribution in [3.8, 4) is 35.3 Å². The van der Waals surface area contributed by atoms with E-state index >= 15 is 0 Å². The Morgan fingerprint density at radius 2 is 1.69 bits per heavy atom. The maximum absolute atomic E-state index is 11.1. The van der Waals surface area contributed by atoms with Crippen LogP contribution in [0.15, 0.2) is 72.5 Å². The van der Waals surface area contributed by atoms with Gasteiger partial charge in [0.05, 0.1) is 24.4 Å². The molecule has 9 rings (SSSR count). The fourth-order valence-electron chi connectivity index (χ4n) is 6.95. The summed E-state index contributed by atoms with van der Waals surface area (Å²) in [4.78, 5) is 25.0. The molecule has 0 radical (unpaired) electrons. The predicted molar refractivity (Wildman–Crippen MR) is 219 cm³/mol. The molecule has 0 amide bonds. The largest absolute Gasteiger partial charge is 0.379 e. The van der Waals surface area contributed by atoms with Gasteiger partial charge in [-0.2, -0.15) is 19.3 Å². The third-order valence-electron chi connectivity index (χ3n) is 9.86. The Labute approximate surface area is 338 Å². The Morgan fingerprint density at radius 1 is 0.914 bits per heavy atom. The summed E-state index contributed by atoms with van der Waals surface area (Å²) in [5.74, 6) is 15.1. The molecule has 6 heterocycles. The molecule has 1 saturated heterocycles.